The summed E-state index contributed by atoms with van der Waals surface area (Å²) in [5.41, 5.74) is 1.59. The Bertz CT molecular complexity index is 660. The summed E-state index contributed by atoms with van der Waals surface area (Å²) in [7, 11) is 1.57. The molecule has 2 nitrogen and oxygen atoms in total. The van der Waals surface area contributed by atoms with Gasteiger partial charge in [-0.2, -0.15) is 0 Å². The molecule has 110 valence electrons. The monoisotopic (exact) mass is 309 g/mol. The van der Waals surface area contributed by atoms with E-state index >= 15 is 0 Å². The fraction of sp³-hybridized carbons (Fsp3) is 0.188. The lowest BCUT2D eigenvalue weighted by molar-refractivity contribution is 0.0783. The highest BCUT2D eigenvalue weighted by molar-refractivity contribution is 6.17. The Hall–Kier alpha value is -1.94. The maximum atomic E-state index is 13.6. The first kappa shape index (κ1) is 15.4. The minimum Gasteiger partial charge on any atom is -0.337 e. The summed E-state index contributed by atoms with van der Waals surface area (Å²) in [5, 5.41) is 0. The second-order valence-corrected chi connectivity index (χ2v) is 5.00. The van der Waals surface area contributed by atoms with Gasteiger partial charge in [0.05, 0.1) is 0 Å². The lowest BCUT2D eigenvalue weighted by Crippen LogP contribution is -2.26. The minimum atomic E-state index is -0.663. The van der Waals surface area contributed by atoms with Crippen LogP contribution in [-0.4, -0.2) is 17.9 Å². The van der Waals surface area contributed by atoms with Crippen LogP contribution in [0.2, 0.25) is 0 Å². The van der Waals surface area contributed by atoms with Gasteiger partial charge in [0.15, 0.2) is 0 Å². The molecule has 0 heterocycles. The number of alkyl halides is 1. The highest BCUT2D eigenvalue weighted by Crippen LogP contribution is 2.14. The van der Waals surface area contributed by atoms with Gasteiger partial charge in [-0.3, -0.25) is 4.79 Å². The average Bonchev–Trinajstić information content (AvgIpc) is 2.49. The first-order valence-corrected chi connectivity index (χ1v) is 6.89. The summed E-state index contributed by atoms with van der Waals surface area (Å²) in [6.07, 6.45) is 0. The SMILES string of the molecule is CN(Cc1ccc(F)cc1F)C(=O)c1cccc(CCl)c1. The van der Waals surface area contributed by atoms with E-state index in [1.165, 1.54) is 17.0 Å². The summed E-state index contributed by atoms with van der Waals surface area (Å²) >= 11 is 5.74. The molecule has 0 radical (unpaired) electrons. The molecule has 0 atom stereocenters. The van der Waals surface area contributed by atoms with Gasteiger partial charge in [0.2, 0.25) is 0 Å². The largest absolute Gasteiger partial charge is 0.337 e. The van der Waals surface area contributed by atoms with Crippen molar-refractivity contribution in [3.05, 3.63) is 70.8 Å². The minimum absolute atomic E-state index is 0.0655. The van der Waals surface area contributed by atoms with Crippen molar-refractivity contribution in [3.63, 3.8) is 0 Å². The molecule has 0 fully saturated rings. The normalized spacial score (nSPS) is 10.5. The van der Waals surface area contributed by atoms with Crippen LogP contribution in [0.5, 0.6) is 0 Å². The van der Waals surface area contributed by atoms with E-state index in [9.17, 15) is 13.6 Å². The Balaban J connectivity index is 2.15. The molecule has 0 unspecified atom stereocenters. The van der Waals surface area contributed by atoms with E-state index in [0.717, 1.165) is 11.6 Å². The van der Waals surface area contributed by atoms with Crippen molar-refractivity contribution in [1.82, 2.24) is 4.90 Å². The zero-order valence-electron chi connectivity index (χ0n) is 11.4. The molecule has 0 aromatic heterocycles. The highest BCUT2D eigenvalue weighted by atomic mass is 35.5. The number of hydrogen-bond acceptors (Lipinski definition) is 1. The summed E-state index contributed by atoms with van der Waals surface area (Å²) in [6.45, 7) is 0.0655. The van der Waals surface area contributed by atoms with E-state index in [4.69, 9.17) is 11.6 Å². The van der Waals surface area contributed by atoms with Crippen LogP contribution >= 0.6 is 11.6 Å². The van der Waals surface area contributed by atoms with Crippen LogP contribution in [0.3, 0.4) is 0 Å². The van der Waals surface area contributed by atoms with Gasteiger partial charge >= 0.3 is 0 Å². The molecule has 0 N–H and O–H groups in total. The quantitative estimate of drug-likeness (QED) is 0.782. The zero-order valence-corrected chi connectivity index (χ0v) is 12.2. The number of amides is 1. The van der Waals surface area contributed by atoms with Crippen molar-refractivity contribution in [2.24, 2.45) is 0 Å². The van der Waals surface area contributed by atoms with Gasteiger partial charge in [0.1, 0.15) is 11.6 Å². The number of hydrogen-bond donors (Lipinski definition) is 0. The zero-order chi connectivity index (χ0) is 15.4. The topological polar surface area (TPSA) is 20.3 Å². The molecule has 5 heteroatoms. The molecule has 2 aromatic rings. The van der Waals surface area contributed by atoms with E-state index < -0.39 is 11.6 Å². The maximum Gasteiger partial charge on any atom is 0.253 e. The van der Waals surface area contributed by atoms with Crippen LogP contribution in [0.1, 0.15) is 21.5 Å². The van der Waals surface area contributed by atoms with Crippen LogP contribution in [0, 0.1) is 11.6 Å². The summed E-state index contributed by atoms with van der Waals surface area (Å²) in [6, 6.07) is 10.3. The summed E-state index contributed by atoms with van der Waals surface area (Å²) in [4.78, 5) is 13.7. The summed E-state index contributed by atoms with van der Waals surface area (Å²) in [5.74, 6) is -1.23. The Morgan fingerprint density at radius 2 is 1.95 bits per heavy atom. The van der Waals surface area contributed by atoms with Crippen molar-refractivity contribution in [2.75, 3.05) is 7.05 Å². The third-order valence-corrected chi connectivity index (χ3v) is 3.41. The smallest absolute Gasteiger partial charge is 0.253 e. The average molecular weight is 310 g/mol. The van der Waals surface area contributed by atoms with Crippen LogP contribution in [0.25, 0.3) is 0 Å². The van der Waals surface area contributed by atoms with Crippen LogP contribution < -0.4 is 0 Å². The third kappa shape index (κ3) is 3.79. The number of carbonyl (C=O) groups excluding carboxylic acids is 1. The molecule has 0 aliphatic heterocycles. The van der Waals surface area contributed by atoms with Crippen molar-refractivity contribution in [3.8, 4) is 0 Å². The van der Waals surface area contributed by atoms with Crippen molar-refractivity contribution in [2.45, 2.75) is 12.4 Å². The molecule has 2 rings (SSSR count). The molecular formula is C16H14ClF2NO. The van der Waals surface area contributed by atoms with Gasteiger partial charge < -0.3 is 4.90 Å². The molecule has 0 spiro atoms. The molecule has 21 heavy (non-hydrogen) atoms. The highest BCUT2D eigenvalue weighted by Gasteiger charge is 2.14. The van der Waals surface area contributed by atoms with Crippen LogP contribution in [-0.2, 0) is 12.4 Å². The van der Waals surface area contributed by atoms with Crippen molar-refractivity contribution < 1.29 is 13.6 Å². The molecule has 1 amide bonds. The van der Waals surface area contributed by atoms with E-state index in [0.29, 0.717) is 11.4 Å². The second-order valence-electron chi connectivity index (χ2n) is 4.73. The van der Waals surface area contributed by atoms with Gasteiger partial charge in [-0.1, -0.05) is 18.2 Å². The van der Waals surface area contributed by atoms with Gasteiger partial charge in [-0.15, -0.1) is 11.6 Å². The predicted octanol–water partition coefficient (Wildman–Crippen LogP) is 3.98. The van der Waals surface area contributed by atoms with Crippen LogP contribution in [0.15, 0.2) is 42.5 Å². The Morgan fingerprint density at radius 3 is 2.62 bits per heavy atom. The van der Waals surface area contributed by atoms with Gasteiger partial charge in [0.25, 0.3) is 5.91 Å². The van der Waals surface area contributed by atoms with E-state index in [2.05, 4.69) is 0 Å². The van der Waals surface area contributed by atoms with E-state index in [1.54, 1.807) is 25.2 Å². The Kier molecular flexibility index (Phi) is 4.91. The maximum absolute atomic E-state index is 13.6. The Morgan fingerprint density at radius 1 is 1.19 bits per heavy atom. The molecule has 0 saturated heterocycles. The molecule has 0 saturated carbocycles. The number of rotatable bonds is 4. The Labute approximate surface area is 127 Å². The molecule has 0 aliphatic carbocycles. The fourth-order valence-electron chi connectivity index (χ4n) is 1.99. The molecule has 0 aliphatic rings. The third-order valence-electron chi connectivity index (χ3n) is 3.10. The first-order chi connectivity index (χ1) is 10.0. The fourth-order valence-corrected chi connectivity index (χ4v) is 2.15. The van der Waals surface area contributed by atoms with Crippen LogP contribution in [0.4, 0.5) is 8.78 Å². The van der Waals surface area contributed by atoms with Gasteiger partial charge in [-0.05, 0) is 23.8 Å². The predicted molar refractivity (Wildman–Crippen MR) is 78.2 cm³/mol. The second kappa shape index (κ2) is 6.68. The summed E-state index contributed by atoms with van der Waals surface area (Å²) < 4.78 is 26.5. The molecule has 0 bridgehead atoms. The lowest BCUT2D eigenvalue weighted by atomic mass is 10.1. The number of benzene rings is 2. The molecule has 2 aromatic carbocycles. The standard InChI is InChI=1S/C16H14ClF2NO/c1-20(10-13-5-6-14(18)8-15(13)19)16(21)12-4-2-3-11(7-12)9-17/h2-8H,9-10H2,1H3. The first-order valence-electron chi connectivity index (χ1n) is 6.35. The number of halogens is 3. The molecular weight excluding hydrogens is 296 g/mol. The van der Waals surface area contributed by atoms with Gasteiger partial charge in [-0.25, -0.2) is 8.78 Å². The van der Waals surface area contributed by atoms with Gasteiger partial charge in [0, 0.05) is 36.7 Å². The number of carbonyl (C=O) groups is 1. The van der Waals surface area contributed by atoms with Crippen molar-refractivity contribution >= 4 is 17.5 Å². The van der Waals surface area contributed by atoms with E-state index in [1.807, 2.05) is 6.07 Å². The van der Waals surface area contributed by atoms with Crippen molar-refractivity contribution in [1.29, 1.82) is 0 Å². The number of nitrogens with zero attached hydrogens (tertiary/aromatic N) is 1. The lowest BCUT2D eigenvalue weighted by Gasteiger charge is -2.18. The van der Waals surface area contributed by atoms with E-state index in [-0.39, 0.29) is 18.0 Å².